The molecule has 0 aromatic carbocycles. The summed E-state index contributed by atoms with van der Waals surface area (Å²) in [5, 5.41) is 5.12. The lowest BCUT2D eigenvalue weighted by Gasteiger charge is -2.18. The molecule has 380 valence electrons. The van der Waals surface area contributed by atoms with Crippen molar-refractivity contribution in [3.63, 3.8) is 0 Å². The van der Waals surface area contributed by atoms with E-state index in [-0.39, 0.29) is 82.0 Å². The maximum atomic E-state index is 13.1. The van der Waals surface area contributed by atoms with E-state index in [1.165, 1.54) is 89.9 Å². The predicted octanol–water partition coefficient (Wildman–Crippen LogP) is 11.2. The first-order chi connectivity index (χ1) is 31.6. The molecule has 0 aliphatic heterocycles. The minimum Gasteiger partial charge on any atom is -0.465 e. The molecule has 0 radical (unpaired) electrons. The van der Waals surface area contributed by atoms with Crippen molar-refractivity contribution in [1.29, 1.82) is 0 Å². The molecule has 0 heterocycles. The molecule has 0 fully saturated rings. The number of ether oxygens (including phenoxy) is 5. The van der Waals surface area contributed by atoms with Gasteiger partial charge in [-0.15, -0.1) is 0 Å². The highest BCUT2D eigenvalue weighted by atomic mass is 16.6. The van der Waals surface area contributed by atoms with E-state index < -0.39 is 24.0 Å². The quantitative estimate of drug-likeness (QED) is 0.0336. The Kier molecular flexibility index (Phi) is 43.6. The highest BCUT2D eigenvalue weighted by molar-refractivity contribution is 5.83. The lowest BCUT2D eigenvalue weighted by molar-refractivity contribution is -0.166. The van der Waals surface area contributed by atoms with E-state index in [9.17, 15) is 28.8 Å². The third-order valence-corrected chi connectivity index (χ3v) is 11.8. The third-order valence-electron chi connectivity index (χ3n) is 11.8. The summed E-state index contributed by atoms with van der Waals surface area (Å²) >= 11 is 0. The molecule has 2 N–H and O–H groups in total. The summed E-state index contributed by atoms with van der Waals surface area (Å²) in [5.74, 6) is -2.69. The van der Waals surface area contributed by atoms with Crippen LogP contribution in [0.15, 0.2) is 0 Å². The van der Waals surface area contributed by atoms with E-state index >= 15 is 0 Å². The number of amides is 1. The number of hydrogen-bond acceptors (Lipinski definition) is 12. The Bertz CT molecular complexity index is 1200. The van der Waals surface area contributed by atoms with Crippen LogP contribution in [0.3, 0.4) is 0 Å². The van der Waals surface area contributed by atoms with E-state index in [0.29, 0.717) is 25.7 Å². The number of unbranched alkanes of at least 4 members (excludes halogenated alkanes) is 20. The Hall–Kier alpha value is -3.22. The second kappa shape index (κ2) is 45.9. The molecule has 1 amide bonds. The van der Waals surface area contributed by atoms with Crippen molar-refractivity contribution in [2.45, 2.75) is 239 Å². The van der Waals surface area contributed by atoms with Gasteiger partial charge in [-0.2, -0.15) is 0 Å². The van der Waals surface area contributed by atoms with Crippen LogP contribution in [0.4, 0.5) is 0 Å². The Morgan fingerprint density at radius 1 is 0.400 bits per heavy atom. The van der Waals surface area contributed by atoms with Crippen molar-refractivity contribution in [2.24, 2.45) is 11.8 Å². The summed E-state index contributed by atoms with van der Waals surface area (Å²) in [7, 11) is 1.61. The van der Waals surface area contributed by atoms with Gasteiger partial charge in [0.05, 0.1) is 31.6 Å². The number of esters is 5. The molecule has 13 heteroatoms. The molecule has 13 nitrogen and oxygen atoms in total. The van der Waals surface area contributed by atoms with Crippen LogP contribution in [0.25, 0.3) is 0 Å². The van der Waals surface area contributed by atoms with Gasteiger partial charge in [-0.25, -0.2) is 0 Å². The second-order valence-electron chi connectivity index (χ2n) is 17.9. The molecule has 0 aromatic heterocycles. The summed E-state index contributed by atoms with van der Waals surface area (Å²) in [6, 6.07) is 0. The minimum atomic E-state index is -1.06. The van der Waals surface area contributed by atoms with Crippen molar-refractivity contribution in [2.75, 3.05) is 46.6 Å². The van der Waals surface area contributed by atoms with Gasteiger partial charge in [-0.1, -0.05) is 169 Å². The molecule has 0 bridgehead atoms. The van der Waals surface area contributed by atoms with Gasteiger partial charge in [0.15, 0.2) is 6.10 Å². The molecule has 0 spiro atoms. The fourth-order valence-electron chi connectivity index (χ4n) is 7.66. The smallest absolute Gasteiger partial charge is 0.325 e. The number of hydrogen-bond donors (Lipinski definition) is 2. The van der Waals surface area contributed by atoms with Crippen molar-refractivity contribution in [3.05, 3.63) is 0 Å². The van der Waals surface area contributed by atoms with Gasteiger partial charge in [0, 0.05) is 12.8 Å². The summed E-state index contributed by atoms with van der Waals surface area (Å²) < 4.78 is 27.6. The zero-order valence-corrected chi connectivity index (χ0v) is 42.1. The van der Waals surface area contributed by atoms with Crippen LogP contribution in [-0.2, 0) is 52.5 Å². The van der Waals surface area contributed by atoms with E-state index in [1.54, 1.807) is 7.05 Å². The normalized spacial score (nSPS) is 12.5. The van der Waals surface area contributed by atoms with Gasteiger partial charge in [0.1, 0.15) is 19.8 Å². The summed E-state index contributed by atoms with van der Waals surface area (Å²) in [6.45, 7) is 8.20. The third kappa shape index (κ3) is 39.6. The molecule has 0 aromatic rings. The first-order valence-electron chi connectivity index (χ1n) is 26.4. The van der Waals surface area contributed by atoms with Crippen molar-refractivity contribution in [1.82, 2.24) is 10.6 Å². The van der Waals surface area contributed by atoms with Crippen LogP contribution >= 0.6 is 0 Å². The maximum Gasteiger partial charge on any atom is 0.325 e. The number of nitrogens with one attached hydrogen (secondary N) is 2. The molecule has 0 rings (SSSR count). The monoisotopic (exact) mass is 925 g/mol. The topological polar surface area (TPSA) is 173 Å². The van der Waals surface area contributed by atoms with Crippen LogP contribution in [0.1, 0.15) is 233 Å². The maximum absolute atomic E-state index is 13.1. The van der Waals surface area contributed by atoms with Gasteiger partial charge in [0.25, 0.3) is 0 Å². The van der Waals surface area contributed by atoms with Gasteiger partial charge in [-0.05, 0) is 58.4 Å². The molecular weight excluding hydrogens is 829 g/mol. The molecule has 0 aliphatic rings. The average Bonchev–Trinajstić information content (AvgIpc) is 3.29. The zero-order valence-electron chi connectivity index (χ0n) is 42.1. The predicted molar refractivity (Wildman–Crippen MR) is 258 cm³/mol. The molecule has 0 aliphatic carbocycles. The van der Waals surface area contributed by atoms with Crippen molar-refractivity contribution < 1.29 is 52.5 Å². The van der Waals surface area contributed by atoms with Crippen LogP contribution in [0.5, 0.6) is 0 Å². The Balaban J connectivity index is 4.99. The first-order valence-corrected chi connectivity index (χ1v) is 26.4. The van der Waals surface area contributed by atoms with Crippen LogP contribution in [0, 0.1) is 11.8 Å². The first kappa shape index (κ1) is 61.8. The number of likely N-dealkylation sites (N-methyl/N-ethyl adjacent to an activating group) is 1. The van der Waals surface area contributed by atoms with Gasteiger partial charge >= 0.3 is 29.8 Å². The zero-order chi connectivity index (χ0) is 48.0. The van der Waals surface area contributed by atoms with E-state index in [1.807, 2.05) is 0 Å². The number of rotatable bonds is 47. The van der Waals surface area contributed by atoms with Crippen LogP contribution in [-0.4, -0.2) is 88.4 Å². The Morgan fingerprint density at radius 2 is 0.769 bits per heavy atom. The fourth-order valence-corrected chi connectivity index (χ4v) is 7.66. The fraction of sp³-hybridized carbons (Fsp3) is 0.885. The van der Waals surface area contributed by atoms with E-state index in [4.69, 9.17) is 23.7 Å². The Labute approximate surface area is 395 Å². The van der Waals surface area contributed by atoms with Crippen LogP contribution < -0.4 is 10.6 Å². The second-order valence-corrected chi connectivity index (χ2v) is 17.9. The SMILES string of the molecule is CCCCCCCCC(CCCCCCC)C(=O)OCCCCC(=O)OC[C@H](COC(=O)CNC(=O)CNC)OC(=O)CCCCOC(=O)C(CCCCCCC)CCCCCCCC. The molecule has 3 atom stereocenters. The molecule has 0 saturated carbocycles. The van der Waals surface area contributed by atoms with Crippen molar-refractivity contribution in [3.8, 4) is 0 Å². The van der Waals surface area contributed by atoms with Gasteiger partial charge in [-0.3, -0.25) is 28.8 Å². The number of carbonyl (C=O) groups is 6. The number of carbonyl (C=O) groups excluding carboxylic acids is 6. The summed E-state index contributed by atoms with van der Waals surface area (Å²) in [5.41, 5.74) is 0. The molecular formula is C52H96N2O11. The van der Waals surface area contributed by atoms with Gasteiger partial charge in [0.2, 0.25) is 5.91 Å². The highest BCUT2D eigenvalue weighted by Gasteiger charge is 2.23. The standard InChI is InChI=1S/C52H96N2O11/c1-6-10-14-18-22-26-34-44(32-24-20-16-12-8-3)51(59)61-38-30-28-36-48(56)63-42-46(43-64-50(58)41-54-47(55)40-53-5)65-49(57)37-29-31-39-62-52(60)45(33-25-21-17-13-9-4)35-27-23-19-15-11-7-2/h44-46,53H,6-43H2,1-5H3,(H,54,55)/t44?,45?,46-/m1/s1. The van der Waals surface area contributed by atoms with Crippen molar-refractivity contribution >= 4 is 35.8 Å². The van der Waals surface area contributed by atoms with Gasteiger partial charge < -0.3 is 34.3 Å². The summed E-state index contributed by atoms with van der Waals surface area (Å²) in [6.07, 6.45) is 29.9. The van der Waals surface area contributed by atoms with E-state index in [2.05, 4.69) is 38.3 Å². The highest BCUT2D eigenvalue weighted by Crippen LogP contribution is 2.22. The molecule has 65 heavy (non-hydrogen) atoms. The Morgan fingerprint density at radius 3 is 1.17 bits per heavy atom. The minimum absolute atomic E-state index is 0.0307. The molecule has 2 unspecified atom stereocenters. The van der Waals surface area contributed by atoms with E-state index in [0.717, 1.165) is 77.0 Å². The average molecular weight is 925 g/mol. The largest absolute Gasteiger partial charge is 0.465 e. The van der Waals surface area contributed by atoms with Crippen LogP contribution in [0.2, 0.25) is 0 Å². The summed E-state index contributed by atoms with van der Waals surface area (Å²) in [4.78, 5) is 75.8. The lowest BCUT2D eigenvalue weighted by Crippen LogP contribution is -2.37. The lowest BCUT2D eigenvalue weighted by atomic mass is 9.94. The molecule has 0 saturated heterocycles.